The summed E-state index contributed by atoms with van der Waals surface area (Å²) in [5.74, 6) is 0. The van der Waals surface area contributed by atoms with Crippen LogP contribution in [0.5, 0.6) is 0 Å². The van der Waals surface area contributed by atoms with Crippen LogP contribution in [-0.4, -0.2) is 108 Å². The van der Waals surface area contributed by atoms with Crippen molar-refractivity contribution in [3.63, 3.8) is 0 Å². The van der Waals surface area contributed by atoms with Gasteiger partial charge < -0.3 is 0 Å². The Morgan fingerprint density at radius 3 is 0.676 bits per heavy atom. The van der Waals surface area contributed by atoms with Crippen LogP contribution in [0.1, 0.15) is 111 Å². The quantitative estimate of drug-likeness (QED) is 0.130. The normalized spacial score (nSPS) is 14.7. The monoisotopic (exact) mass is 916 g/mol. The van der Waals surface area contributed by atoms with E-state index in [1.807, 2.05) is 0 Å². The molecule has 2 nitrogen and oxygen atoms in total. The molecule has 0 radical (unpaired) electrons. The van der Waals surface area contributed by atoms with Crippen molar-refractivity contribution in [1.82, 2.24) is 0 Å². The number of hydrogen-bond acceptors (Lipinski definition) is 2. The molecule has 0 unspecified atom stereocenters. The van der Waals surface area contributed by atoms with Crippen LogP contribution in [0.2, 0.25) is 0 Å². The Balaban J connectivity index is 7.26. The molecule has 0 atom stereocenters. The first kappa shape index (κ1) is 37.9. The van der Waals surface area contributed by atoms with Gasteiger partial charge in [0.1, 0.15) is 0 Å². The molecule has 0 aromatic carbocycles. The molecule has 0 heterocycles. The third-order valence-electron chi connectivity index (χ3n) is 6.75. The van der Waals surface area contributed by atoms with Gasteiger partial charge in [0.25, 0.3) is 0 Å². The summed E-state index contributed by atoms with van der Waals surface area (Å²) in [7, 11) is 0. The van der Waals surface area contributed by atoms with Crippen molar-refractivity contribution < 1.29 is 0 Å². The Kier molecular flexibility index (Phi) is 17.0. The number of hydrogen-bond donors (Lipinski definition) is 0. The molecule has 0 N–H and O–H groups in total. The fourth-order valence-electron chi connectivity index (χ4n) is 4.13. The first-order chi connectivity index (χ1) is 15.2. The fraction of sp³-hybridized carbons (Fsp3) is 1.00. The van der Waals surface area contributed by atoms with Crippen molar-refractivity contribution in [2.75, 3.05) is 0 Å². The second-order valence-electron chi connectivity index (χ2n) is 11.8. The maximum atomic E-state index is 6.16. The van der Waals surface area contributed by atoms with Gasteiger partial charge in [-0.05, 0) is 0 Å². The summed E-state index contributed by atoms with van der Waals surface area (Å²) in [6.45, 7) is 39.6. The molecule has 0 fully saturated rings. The van der Waals surface area contributed by atoms with E-state index < -0.39 is 20.8 Å². The first-order valence-electron chi connectivity index (χ1n) is 13.0. The molecule has 0 spiro atoms. The van der Waals surface area contributed by atoms with Gasteiger partial charge in [-0.1, -0.05) is 0 Å². The molecule has 0 saturated heterocycles. The average molecular weight is 910 g/mol. The van der Waals surface area contributed by atoms with Crippen LogP contribution in [0.3, 0.4) is 0 Å². The molecule has 0 bridgehead atoms. The molecule has 206 valence electrons. The Bertz CT molecular complexity index is 745. The van der Waals surface area contributed by atoms with E-state index in [1.165, 1.54) is 0 Å². The van der Waals surface area contributed by atoms with E-state index in [2.05, 4.69) is 141 Å². The van der Waals surface area contributed by atoms with Crippen molar-refractivity contribution >= 4 is 84.0 Å². The molecule has 0 aromatic heterocycles. The van der Waals surface area contributed by atoms with Crippen molar-refractivity contribution in [2.45, 2.75) is 156 Å². The van der Waals surface area contributed by atoms with E-state index in [-0.39, 0.29) is 33.0 Å². The minimum absolute atomic E-state index is 0.178. The van der Waals surface area contributed by atoms with Gasteiger partial charge in [0, 0.05) is 0 Å². The Morgan fingerprint density at radius 2 is 0.559 bits per heavy atom. The topological polar surface area (TPSA) is 24.7 Å². The van der Waals surface area contributed by atoms with Crippen LogP contribution in [0.25, 0.3) is 0 Å². The molecule has 0 amide bonds. The SMILES string of the molecule is CC(C)P(=[Se])(N=P([Te][Te]P(=NP(=[Se])(C(C)C)C(C)C)(C(C)C)C(C)C)(C(C)C)C(C)C)C(C)C. The minimum atomic E-state index is -1.46. The van der Waals surface area contributed by atoms with Gasteiger partial charge >= 0.3 is 249 Å². The maximum absolute atomic E-state index is 6.16. The molecular weight excluding hydrogens is 853 g/mol. The molecule has 10 heteroatoms. The van der Waals surface area contributed by atoms with Gasteiger partial charge in [0.05, 0.1) is 0 Å². The Labute approximate surface area is 246 Å². The zero-order chi connectivity index (χ0) is 27.4. The van der Waals surface area contributed by atoms with Gasteiger partial charge in [-0.15, -0.1) is 0 Å². The van der Waals surface area contributed by atoms with Crippen molar-refractivity contribution in [3.8, 4) is 0 Å². The summed E-state index contributed by atoms with van der Waals surface area (Å²) in [6.07, 6.45) is 0. The van der Waals surface area contributed by atoms with Gasteiger partial charge in [0.15, 0.2) is 0 Å². The van der Waals surface area contributed by atoms with E-state index >= 15 is 0 Å². The van der Waals surface area contributed by atoms with Crippen molar-refractivity contribution in [3.05, 3.63) is 0 Å². The molecule has 0 aliphatic rings. The summed E-state index contributed by atoms with van der Waals surface area (Å²) in [6, 6.07) is 0. The molecular formula is C24H56N2P4Se2Te2. The number of rotatable bonds is 13. The predicted molar refractivity (Wildman–Crippen MR) is 177 cm³/mol. The summed E-state index contributed by atoms with van der Waals surface area (Å²) < 4.78 is 9.61. The van der Waals surface area contributed by atoms with Crippen LogP contribution in [-0.2, 0) is 0 Å². The summed E-state index contributed by atoms with van der Waals surface area (Å²) in [5, 5.41) is 0. The summed E-state index contributed by atoms with van der Waals surface area (Å²) in [5.41, 5.74) is 2.52. The van der Waals surface area contributed by atoms with E-state index in [0.717, 1.165) is 22.6 Å². The average Bonchev–Trinajstić information content (AvgIpc) is 2.67. The third-order valence-corrected chi connectivity index (χ3v) is 100. The Hall–Kier alpha value is 3.94. The van der Waals surface area contributed by atoms with Crippen LogP contribution in [0.15, 0.2) is 9.03 Å². The Morgan fingerprint density at radius 1 is 0.382 bits per heavy atom. The van der Waals surface area contributed by atoms with Crippen molar-refractivity contribution in [1.29, 1.82) is 0 Å². The van der Waals surface area contributed by atoms with E-state index in [1.54, 1.807) is 0 Å². The van der Waals surface area contributed by atoms with Gasteiger partial charge in [-0.2, -0.15) is 0 Å². The fourth-order valence-corrected chi connectivity index (χ4v) is 137. The predicted octanol–water partition coefficient (Wildman–Crippen LogP) is 9.84. The van der Waals surface area contributed by atoms with E-state index in [4.69, 9.17) is 9.03 Å². The molecule has 0 aromatic rings. The van der Waals surface area contributed by atoms with Gasteiger partial charge in [0.2, 0.25) is 0 Å². The van der Waals surface area contributed by atoms with Crippen molar-refractivity contribution in [2.24, 2.45) is 9.03 Å². The van der Waals surface area contributed by atoms with Crippen LogP contribution in [0, 0.1) is 0 Å². The molecule has 0 aliphatic heterocycles. The second kappa shape index (κ2) is 15.2. The van der Waals surface area contributed by atoms with E-state index in [9.17, 15) is 0 Å². The molecule has 0 saturated carbocycles. The zero-order valence-electron chi connectivity index (χ0n) is 24.9. The third kappa shape index (κ3) is 8.72. The standard InChI is InChI=1S/C24H56N2P4Se2Te2/c1-17(2)27(31,18(3)4)25-29(21(9)10,22(11)12)33-34-30(23(13)14,24(15)16)26-28(32,19(5)6)20(7)8/h17-24H,1-16H3. The molecule has 34 heavy (non-hydrogen) atoms. The molecule has 0 aliphatic carbocycles. The van der Waals surface area contributed by atoms with Gasteiger partial charge in [-0.3, -0.25) is 0 Å². The van der Waals surface area contributed by atoms with Gasteiger partial charge in [-0.25, -0.2) is 0 Å². The number of nitrogens with zero attached hydrogens (tertiary/aromatic N) is 2. The van der Waals surface area contributed by atoms with Crippen LogP contribution >= 0.6 is 20.8 Å². The first-order valence-corrected chi connectivity index (χ1v) is 38.4. The zero-order valence-corrected chi connectivity index (χ0v) is 36.6. The van der Waals surface area contributed by atoms with Crippen LogP contribution < -0.4 is 0 Å². The second-order valence-corrected chi connectivity index (χ2v) is 64.2. The summed E-state index contributed by atoms with van der Waals surface area (Å²) in [4.78, 5) is 0. The summed E-state index contributed by atoms with van der Waals surface area (Å²) >= 11 is 7.16. The van der Waals surface area contributed by atoms with Crippen LogP contribution in [0.4, 0.5) is 0 Å². The van der Waals surface area contributed by atoms with E-state index in [0.29, 0.717) is 22.6 Å². The molecule has 0 rings (SSSR count).